The maximum Gasteiger partial charge on any atom is 0.245 e. The molecular weight excluding hydrogens is 402 g/mol. The summed E-state index contributed by atoms with van der Waals surface area (Å²) >= 11 is 0. The number of rotatable bonds is 1. The largest absolute Gasteiger partial charge is 0.368 e. The van der Waals surface area contributed by atoms with Crippen LogP contribution in [0.2, 0.25) is 0 Å². The Morgan fingerprint density at radius 3 is 2.12 bits per heavy atom. The highest BCUT2D eigenvalue weighted by Crippen LogP contribution is 2.40. The van der Waals surface area contributed by atoms with Crippen LogP contribution in [0, 0.1) is 0 Å². The van der Waals surface area contributed by atoms with E-state index in [0.29, 0.717) is 6.42 Å². The fraction of sp³-hybridized carbons (Fsp3) is 0.179. The number of aromatic amines is 1. The second-order valence-corrected chi connectivity index (χ2v) is 7.76. The maximum atomic E-state index is 13.3. The molecule has 0 saturated heterocycles. The number of aryl methyl sites for hydroxylation is 1. The van der Waals surface area contributed by atoms with Crippen molar-refractivity contribution in [2.45, 2.75) is 31.6 Å². The summed E-state index contributed by atoms with van der Waals surface area (Å²) in [4.78, 5) is 6.65. The number of fused-ring (bicyclic) bond motifs is 5. The van der Waals surface area contributed by atoms with E-state index in [2.05, 4.69) is 34.2 Å². The van der Waals surface area contributed by atoms with Crippen LogP contribution in [0.1, 0.15) is 29.9 Å². The normalized spacial score (nSPS) is 14.8. The quantitative estimate of drug-likeness (QED) is 0.271. The van der Waals surface area contributed by atoms with Crippen LogP contribution in [0.4, 0.5) is 8.78 Å². The molecule has 0 saturated carbocycles. The molecule has 32 heavy (non-hydrogen) atoms. The van der Waals surface area contributed by atoms with Gasteiger partial charge < -0.3 is 4.98 Å². The SMILES string of the molecule is FC(F)C1CCCc2c1ccc1c2ccc2ccccc21.c1cc[nH]c1.c1ccncc1. The minimum Gasteiger partial charge on any atom is -0.368 e. The number of H-pyrrole nitrogens is 1. The lowest BCUT2D eigenvalue weighted by molar-refractivity contribution is 0.106. The van der Waals surface area contributed by atoms with E-state index in [1.54, 1.807) is 12.4 Å². The topological polar surface area (TPSA) is 28.7 Å². The van der Waals surface area contributed by atoms with E-state index in [1.807, 2.05) is 67.0 Å². The van der Waals surface area contributed by atoms with E-state index in [9.17, 15) is 8.78 Å². The molecule has 1 unspecified atom stereocenters. The molecule has 162 valence electrons. The van der Waals surface area contributed by atoms with Crippen molar-refractivity contribution in [2.24, 2.45) is 0 Å². The van der Waals surface area contributed by atoms with Crippen molar-refractivity contribution in [1.82, 2.24) is 9.97 Å². The molecule has 0 aliphatic heterocycles. The molecule has 4 heteroatoms. The number of hydrogen-bond donors (Lipinski definition) is 1. The van der Waals surface area contributed by atoms with Crippen molar-refractivity contribution in [3.05, 3.63) is 115 Å². The minimum atomic E-state index is -2.26. The number of nitrogens with zero attached hydrogens (tertiary/aromatic N) is 1. The fourth-order valence-corrected chi connectivity index (χ4v) is 4.30. The first-order chi connectivity index (χ1) is 15.8. The van der Waals surface area contributed by atoms with Gasteiger partial charge in [-0.1, -0.05) is 54.6 Å². The molecule has 0 amide bonds. The Bertz CT molecular complexity index is 1190. The molecule has 5 aromatic rings. The summed E-state index contributed by atoms with van der Waals surface area (Å²) in [6.45, 7) is 0. The molecule has 0 bridgehead atoms. The number of pyridine rings is 1. The van der Waals surface area contributed by atoms with E-state index in [-0.39, 0.29) is 0 Å². The molecule has 2 nitrogen and oxygen atoms in total. The summed E-state index contributed by atoms with van der Waals surface area (Å²) < 4.78 is 26.5. The van der Waals surface area contributed by atoms with Gasteiger partial charge in [-0.05, 0) is 76.2 Å². The van der Waals surface area contributed by atoms with Crippen molar-refractivity contribution in [1.29, 1.82) is 0 Å². The lowest BCUT2D eigenvalue weighted by Crippen LogP contribution is -2.16. The monoisotopic (exact) mass is 428 g/mol. The highest BCUT2D eigenvalue weighted by Gasteiger charge is 2.28. The molecule has 3 aromatic carbocycles. The Hall–Kier alpha value is -3.53. The Morgan fingerprint density at radius 1 is 0.750 bits per heavy atom. The number of benzene rings is 3. The van der Waals surface area contributed by atoms with Gasteiger partial charge in [0.25, 0.3) is 0 Å². The molecule has 6 rings (SSSR count). The second kappa shape index (κ2) is 10.7. The van der Waals surface area contributed by atoms with Crippen molar-refractivity contribution < 1.29 is 8.78 Å². The Balaban J connectivity index is 0.000000182. The number of nitrogens with one attached hydrogen (secondary N) is 1. The van der Waals surface area contributed by atoms with Crippen molar-refractivity contribution in [3.8, 4) is 0 Å². The van der Waals surface area contributed by atoms with E-state index in [1.165, 1.54) is 16.2 Å². The van der Waals surface area contributed by atoms with Crippen LogP contribution in [-0.4, -0.2) is 16.4 Å². The molecular formula is C28H26F2N2. The number of hydrogen-bond acceptors (Lipinski definition) is 1. The smallest absolute Gasteiger partial charge is 0.245 e. The first kappa shape index (κ1) is 21.7. The predicted octanol–water partition coefficient (Wildman–Crippen LogP) is 7.77. The summed E-state index contributed by atoms with van der Waals surface area (Å²) in [5.41, 5.74) is 1.99. The van der Waals surface area contributed by atoms with Crippen LogP contribution in [0.15, 0.2) is 104 Å². The van der Waals surface area contributed by atoms with Gasteiger partial charge in [0.2, 0.25) is 6.43 Å². The molecule has 0 fully saturated rings. The van der Waals surface area contributed by atoms with Gasteiger partial charge in [-0.25, -0.2) is 8.78 Å². The second-order valence-electron chi connectivity index (χ2n) is 7.76. The lowest BCUT2D eigenvalue weighted by Gasteiger charge is -2.26. The third kappa shape index (κ3) is 5.02. The summed E-state index contributed by atoms with van der Waals surface area (Å²) in [5.74, 6) is -0.593. The van der Waals surface area contributed by atoms with Crippen molar-refractivity contribution in [2.75, 3.05) is 0 Å². The predicted molar refractivity (Wildman–Crippen MR) is 128 cm³/mol. The van der Waals surface area contributed by atoms with Crippen LogP contribution in [0.5, 0.6) is 0 Å². The number of aromatic nitrogens is 2. The molecule has 1 aliphatic carbocycles. The van der Waals surface area contributed by atoms with Gasteiger partial charge in [0, 0.05) is 30.7 Å². The molecule has 0 radical (unpaired) electrons. The van der Waals surface area contributed by atoms with E-state index in [4.69, 9.17) is 0 Å². The first-order valence-corrected chi connectivity index (χ1v) is 10.9. The average molecular weight is 429 g/mol. The van der Waals surface area contributed by atoms with Gasteiger partial charge in [-0.2, -0.15) is 0 Å². The molecule has 2 heterocycles. The Morgan fingerprint density at radius 2 is 1.50 bits per heavy atom. The van der Waals surface area contributed by atoms with Gasteiger partial charge in [0.1, 0.15) is 0 Å². The summed E-state index contributed by atoms with van der Waals surface area (Å²) in [7, 11) is 0. The summed E-state index contributed by atoms with van der Waals surface area (Å²) in [6.07, 6.45) is 7.35. The van der Waals surface area contributed by atoms with E-state index >= 15 is 0 Å². The van der Waals surface area contributed by atoms with Gasteiger partial charge in [-0.15, -0.1) is 0 Å². The molecule has 1 N–H and O–H groups in total. The van der Waals surface area contributed by atoms with Crippen LogP contribution in [0.25, 0.3) is 21.5 Å². The van der Waals surface area contributed by atoms with Crippen LogP contribution in [-0.2, 0) is 6.42 Å². The fourth-order valence-electron chi connectivity index (χ4n) is 4.30. The third-order valence-corrected chi connectivity index (χ3v) is 5.78. The third-order valence-electron chi connectivity index (χ3n) is 5.78. The summed E-state index contributed by atoms with van der Waals surface area (Å²) in [6, 6.07) is 26.0. The van der Waals surface area contributed by atoms with Gasteiger partial charge in [0.05, 0.1) is 0 Å². The zero-order chi connectivity index (χ0) is 22.2. The average Bonchev–Trinajstić information content (AvgIpc) is 3.45. The van der Waals surface area contributed by atoms with Crippen molar-refractivity contribution >= 4 is 21.5 Å². The lowest BCUT2D eigenvalue weighted by atomic mass is 9.80. The Kier molecular flexibility index (Phi) is 7.23. The highest BCUT2D eigenvalue weighted by molar-refractivity contribution is 6.08. The zero-order valence-electron chi connectivity index (χ0n) is 17.8. The van der Waals surface area contributed by atoms with E-state index < -0.39 is 12.3 Å². The standard InChI is InChI=1S/C19H16F2.C5H5N.C4H5N/c20-19(21)18-7-3-6-14-16-9-8-12-4-1-2-5-13(12)15(16)10-11-17(14)18;1-2-4-6-5-3-1;1-2-4-5-3-1/h1-2,4-5,8-11,18-19H,3,6-7H2;1-5H;1-5H. The molecule has 1 atom stereocenters. The Labute approximate surface area is 186 Å². The maximum absolute atomic E-state index is 13.3. The zero-order valence-corrected chi connectivity index (χ0v) is 17.8. The first-order valence-electron chi connectivity index (χ1n) is 10.9. The number of alkyl halides is 2. The van der Waals surface area contributed by atoms with Gasteiger partial charge in [0.15, 0.2) is 0 Å². The van der Waals surface area contributed by atoms with Crippen LogP contribution >= 0.6 is 0 Å². The highest BCUT2D eigenvalue weighted by atomic mass is 19.3. The van der Waals surface area contributed by atoms with Gasteiger partial charge in [-0.3, -0.25) is 4.98 Å². The van der Waals surface area contributed by atoms with Crippen molar-refractivity contribution in [3.63, 3.8) is 0 Å². The molecule has 1 aliphatic rings. The van der Waals surface area contributed by atoms with Gasteiger partial charge >= 0.3 is 0 Å². The van der Waals surface area contributed by atoms with E-state index in [0.717, 1.165) is 29.4 Å². The van der Waals surface area contributed by atoms with Crippen LogP contribution < -0.4 is 0 Å². The molecule has 2 aromatic heterocycles. The number of halogens is 2. The van der Waals surface area contributed by atoms with Crippen LogP contribution in [0.3, 0.4) is 0 Å². The minimum absolute atomic E-state index is 0.593. The summed E-state index contributed by atoms with van der Waals surface area (Å²) in [5, 5.41) is 4.74. The molecule has 0 spiro atoms.